The lowest BCUT2D eigenvalue weighted by Crippen LogP contribution is -2.10. The zero-order chi connectivity index (χ0) is 31.9. The Morgan fingerprint density at radius 1 is 0.333 bits per heavy atom. The van der Waals surface area contributed by atoms with Gasteiger partial charge in [0.25, 0.3) is 0 Å². The van der Waals surface area contributed by atoms with Crippen molar-refractivity contribution in [1.82, 2.24) is 4.57 Å². The molecular weight excluding hydrogens is 581 g/mol. The molecule has 2 nitrogen and oxygen atoms in total. The summed E-state index contributed by atoms with van der Waals surface area (Å²) >= 11 is 0. The minimum atomic E-state index is 1.11. The van der Waals surface area contributed by atoms with Crippen LogP contribution in [0.1, 0.15) is 0 Å². The highest BCUT2D eigenvalue weighted by Crippen LogP contribution is 2.43. The van der Waals surface area contributed by atoms with Crippen LogP contribution < -0.4 is 4.90 Å². The van der Waals surface area contributed by atoms with Crippen molar-refractivity contribution in [3.8, 4) is 27.9 Å². The summed E-state index contributed by atoms with van der Waals surface area (Å²) < 4.78 is 2.38. The summed E-state index contributed by atoms with van der Waals surface area (Å²) in [6, 6.07) is 69.9. The smallest absolute Gasteiger partial charge is 0.0547 e. The topological polar surface area (TPSA) is 8.17 Å². The van der Waals surface area contributed by atoms with Gasteiger partial charge in [0.2, 0.25) is 0 Å². The summed E-state index contributed by atoms with van der Waals surface area (Å²) in [5.74, 6) is 0. The third kappa shape index (κ3) is 4.83. The number of anilines is 3. The predicted octanol–water partition coefficient (Wildman–Crippen LogP) is 12.7. The Balaban J connectivity index is 1.24. The van der Waals surface area contributed by atoms with Gasteiger partial charge in [0, 0.05) is 33.2 Å². The number of fused-ring (bicyclic) bond motifs is 4. The van der Waals surface area contributed by atoms with Gasteiger partial charge < -0.3 is 9.47 Å². The average molecular weight is 613 g/mol. The van der Waals surface area contributed by atoms with Crippen molar-refractivity contribution in [2.24, 2.45) is 0 Å². The van der Waals surface area contributed by atoms with Crippen LogP contribution in [0, 0.1) is 0 Å². The van der Waals surface area contributed by atoms with Crippen LogP contribution in [0.25, 0.3) is 60.5 Å². The fraction of sp³-hybridized carbons (Fsp3) is 0. The number of rotatable bonds is 6. The Hall–Kier alpha value is -6.38. The number of nitrogens with zero attached hydrogens (tertiary/aromatic N) is 2. The van der Waals surface area contributed by atoms with E-state index in [0.717, 1.165) is 22.7 Å². The average Bonchev–Trinajstić information content (AvgIpc) is 3.50. The first kappa shape index (κ1) is 27.9. The number of hydrogen-bond donors (Lipinski definition) is 0. The molecule has 8 aromatic carbocycles. The third-order valence-corrected chi connectivity index (χ3v) is 9.33. The maximum Gasteiger partial charge on any atom is 0.0547 e. The zero-order valence-corrected chi connectivity index (χ0v) is 26.4. The van der Waals surface area contributed by atoms with Crippen molar-refractivity contribution in [2.75, 3.05) is 4.90 Å². The van der Waals surface area contributed by atoms with Crippen molar-refractivity contribution in [3.05, 3.63) is 194 Å². The molecular formula is C46H32N2. The minimum absolute atomic E-state index is 1.11. The molecule has 1 heterocycles. The molecule has 0 saturated carbocycles. The molecule has 0 spiro atoms. The van der Waals surface area contributed by atoms with Gasteiger partial charge in [-0.1, -0.05) is 133 Å². The normalized spacial score (nSPS) is 11.3. The molecule has 0 unspecified atom stereocenters. The molecule has 0 aliphatic heterocycles. The molecule has 0 N–H and O–H groups in total. The molecule has 0 aliphatic rings. The predicted molar refractivity (Wildman–Crippen MR) is 204 cm³/mol. The number of hydrogen-bond acceptors (Lipinski definition) is 1. The van der Waals surface area contributed by atoms with Crippen LogP contribution >= 0.6 is 0 Å². The standard InChI is InChI=1S/C46H32N2/c1-4-15-33(16-5-1)37-29-36-17-10-11-24-41(36)45(32-37)47(38-19-6-2-7-20-38)40-23-14-18-34(30-40)35-27-28-43-42-25-12-13-26-44(42)48(46(43)31-35)39-21-8-3-9-22-39/h1-32H. The second-order valence-electron chi connectivity index (χ2n) is 12.2. The molecule has 9 rings (SSSR count). The van der Waals surface area contributed by atoms with Crippen LogP contribution in [-0.4, -0.2) is 4.57 Å². The summed E-state index contributed by atoms with van der Waals surface area (Å²) in [5.41, 5.74) is 11.7. The van der Waals surface area contributed by atoms with Crippen LogP contribution in [0.15, 0.2) is 194 Å². The van der Waals surface area contributed by atoms with Gasteiger partial charge in [-0.2, -0.15) is 0 Å². The van der Waals surface area contributed by atoms with Gasteiger partial charge in [0.1, 0.15) is 0 Å². The quantitative estimate of drug-likeness (QED) is 0.181. The van der Waals surface area contributed by atoms with E-state index >= 15 is 0 Å². The highest BCUT2D eigenvalue weighted by Gasteiger charge is 2.18. The molecule has 0 aliphatic carbocycles. The van der Waals surface area contributed by atoms with Crippen molar-refractivity contribution < 1.29 is 0 Å². The van der Waals surface area contributed by atoms with E-state index in [0.29, 0.717) is 0 Å². The largest absolute Gasteiger partial charge is 0.310 e. The van der Waals surface area contributed by atoms with E-state index in [4.69, 9.17) is 0 Å². The molecule has 9 aromatic rings. The van der Waals surface area contributed by atoms with E-state index < -0.39 is 0 Å². The fourth-order valence-electron chi connectivity index (χ4n) is 7.11. The Morgan fingerprint density at radius 3 is 1.75 bits per heavy atom. The molecule has 0 saturated heterocycles. The summed E-state index contributed by atoms with van der Waals surface area (Å²) in [6.45, 7) is 0. The van der Waals surface area contributed by atoms with Crippen LogP contribution in [0.5, 0.6) is 0 Å². The van der Waals surface area contributed by atoms with E-state index in [9.17, 15) is 0 Å². The molecule has 0 amide bonds. The molecule has 0 radical (unpaired) electrons. The molecule has 1 aromatic heterocycles. The van der Waals surface area contributed by atoms with Gasteiger partial charge in [-0.05, 0) is 88.3 Å². The van der Waals surface area contributed by atoms with Crippen LogP contribution in [-0.2, 0) is 0 Å². The highest BCUT2D eigenvalue weighted by molar-refractivity contribution is 6.10. The van der Waals surface area contributed by atoms with Crippen molar-refractivity contribution >= 4 is 49.6 Å². The first-order valence-electron chi connectivity index (χ1n) is 16.4. The fourth-order valence-corrected chi connectivity index (χ4v) is 7.11. The molecule has 0 fully saturated rings. The van der Waals surface area contributed by atoms with E-state index in [-0.39, 0.29) is 0 Å². The van der Waals surface area contributed by atoms with Gasteiger partial charge in [0.05, 0.1) is 16.7 Å². The Labute approximate surface area is 280 Å². The number of benzene rings is 8. The van der Waals surface area contributed by atoms with Crippen LogP contribution in [0.3, 0.4) is 0 Å². The lowest BCUT2D eigenvalue weighted by atomic mass is 9.98. The third-order valence-electron chi connectivity index (χ3n) is 9.33. The van der Waals surface area contributed by atoms with Crippen molar-refractivity contribution in [2.45, 2.75) is 0 Å². The lowest BCUT2D eigenvalue weighted by molar-refractivity contribution is 1.18. The van der Waals surface area contributed by atoms with Gasteiger partial charge in [-0.3, -0.25) is 0 Å². The maximum absolute atomic E-state index is 2.40. The second kappa shape index (κ2) is 11.8. The summed E-state index contributed by atoms with van der Waals surface area (Å²) in [7, 11) is 0. The molecule has 226 valence electrons. The lowest BCUT2D eigenvalue weighted by Gasteiger charge is -2.28. The zero-order valence-electron chi connectivity index (χ0n) is 26.4. The first-order valence-corrected chi connectivity index (χ1v) is 16.4. The Morgan fingerprint density at radius 2 is 0.938 bits per heavy atom. The Bertz CT molecular complexity index is 2550. The minimum Gasteiger partial charge on any atom is -0.310 e. The second-order valence-corrected chi connectivity index (χ2v) is 12.2. The maximum atomic E-state index is 2.40. The summed E-state index contributed by atoms with van der Waals surface area (Å²) in [6.07, 6.45) is 0. The molecule has 0 bridgehead atoms. The van der Waals surface area contributed by atoms with Crippen molar-refractivity contribution in [1.29, 1.82) is 0 Å². The van der Waals surface area contributed by atoms with E-state index in [1.165, 1.54) is 54.8 Å². The van der Waals surface area contributed by atoms with Gasteiger partial charge in [0.15, 0.2) is 0 Å². The number of aromatic nitrogens is 1. The summed E-state index contributed by atoms with van der Waals surface area (Å²) in [4.78, 5) is 2.40. The Kier molecular flexibility index (Phi) is 6.84. The van der Waals surface area contributed by atoms with Gasteiger partial charge in [-0.25, -0.2) is 0 Å². The highest BCUT2D eigenvalue weighted by atomic mass is 15.1. The monoisotopic (exact) mass is 612 g/mol. The molecule has 2 heteroatoms. The van der Waals surface area contributed by atoms with Crippen LogP contribution in [0.4, 0.5) is 17.1 Å². The molecule has 0 atom stereocenters. The number of para-hydroxylation sites is 3. The van der Waals surface area contributed by atoms with E-state index in [2.05, 4.69) is 204 Å². The summed E-state index contributed by atoms with van der Waals surface area (Å²) in [5, 5.41) is 4.94. The SMILES string of the molecule is c1ccc(-c2cc(N(c3ccccc3)c3cccc(-c4ccc5c6ccccc6n(-c6ccccc6)c5c4)c3)c3ccccc3c2)cc1. The van der Waals surface area contributed by atoms with Crippen LogP contribution in [0.2, 0.25) is 0 Å². The van der Waals surface area contributed by atoms with E-state index in [1.807, 2.05) is 0 Å². The van der Waals surface area contributed by atoms with Gasteiger partial charge in [-0.15, -0.1) is 0 Å². The van der Waals surface area contributed by atoms with E-state index in [1.54, 1.807) is 0 Å². The van der Waals surface area contributed by atoms with Crippen molar-refractivity contribution in [3.63, 3.8) is 0 Å². The van der Waals surface area contributed by atoms with Gasteiger partial charge >= 0.3 is 0 Å². The first-order chi connectivity index (χ1) is 23.8. The molecule has 48 heavy (non-hydrogen) atoms.